The van der Waals surface area contributed by atoms with Crippen LogP contribution in [0.5, 0.6) is 0 Å². The minimum Gasteiger partial charge on any atom is -0.468 e. The van der Waals surface area contributed by atoms with E-state index in [1.807, 2.05) is 6.92 Å². The molecule has 0 saturated heterocycles. The third-order valence-electron chi connectivity index (χ3n) is 3.75. The van der Waals surface area contributed by atoms with Gasteiger partial charge in [-0.2, -0.15) is 0 Å². The van der Waals surface area contributed by atoms with Gasteiger partial charge >= 0.3 is 5.97 Å². The van der Waals surface area contributed by atoms with Crippen LogP contribution >= 0.6 is 0 Å². The van der Waals surface area contributed by atoms with Gasteiger partial charge in [-0.05, 0) is 25.3 Å². The maximum Gasteiger partial charge on any atom is 0.325 e. The molecular formula is C14H27NO3. The predicted octanol–water partition coefficient (Wildman–Crippen LogP) is 2.12. The smallest absolute Gasteiger partial charge is 0.325 e. The van der Waals surface area contributed by atoms with E-state index in [0.717, 1.165) is 25.3 Å². The van der Waals surface area contributed by atoms with Gasteiger partial charge < -0.3 is 14.8 Å². The van der Waals surface area contributed by atoms with Gasteiger partial charge in [-0.3, -0.25) is 4.79 Å². The topological polar surface area (TPSA) is 47.6 Å². The van der Waals surface area contributed by atoms with Crippen molar-refractivity contribution >= 4 is 5.97 Å². The van der Waals surface area contributed by atoms with E-state index in [9.17, 15) is 4.79 Å². The van der Waals surface area contributed by atoms with Crippen molar-refractivity contribution in [1.29, 1.82) is 0 Å². The van der Waals surface area contributed by atoms with Gasteiger partial charge in [0.05, 0.1) is 19.8 Å². The highest BCUT2D eigenvalue weighted by Crippen LogP contribution is 2.28. The molecule has 4 heteroatoms. The Morgan fingerprint density at radius 3 is 2.78 bits per heavy atom. The summed E-state index contributed by atoms with van der Waals surface area (Å²) in [7, 11) is 1.42. The van der Waals surface area contributed by atoms with Gasteiger partial charge in [0.1, 0.15) is 6.04 Å². The SMILES string of the molecule is CCNC(COC1CCCC(CC)C1)C(=O)OC. The monoisotopic (exact) mass is 257 g/mol. The van der Waals surface area contributed by atoms with E-state index in [2.05, 4.69) is 12.2 Å². The van der Waals surface area contributed by atoms with Crippen LogP contribution in [0.4, 0.5) is 0 Å². The van der Waals surface area contributed by atoms with Crippen molar-refractivity contribution in [3.05, 3.63) is 0 Å². The lowest BCUT2D eigenvalue weighted by atomic mass is 9.85. The highest BCUT2D eigenvalue weighted by Gasteiger charge is 2.24. The Morgan fingerprint density at radius 1 is 1.39 bits per heavy atom. The van der Waals surface area contributed by atoms with Crippen LogP contribution in [0, 0.1) is 5.92 Å². The summed E-state index contributed by atoms with van der Waals surface area (Å²) in [6.07, 6.45) is 6.37. The first-order valence-electron chi connectivity index (χ1n) is 7.14. The first-order chi connectivity index (χ1) is 8.71. The Balaban J connectivity index is 2.34. The second-order valence-corrected chi connectivity index (χ2v) is 5.03. The van der Waals surface area contributed by atoms with Crippen LogP contribution in [0.15, 0.2) is 0 Å². The maximum atomic E-state index is 11.5. The molecule has 3 unspecified atom stereocenters. The number of nitrogens with one attached hydrogen (secondary N) is 1. The zero-order chi connectivity index (χ0) is 13.4. The summed E-state index contributed by atoms with van der Waals surface area (Å²) in [6.45, 7) is 5.37. The lowest BCUT2D eigenvalue weighted by molar-refractivity contribution is -0.145. The molecule has 1 fully saturated rings. The minimum atomic E-state index is -0.331. The van der Waals surface area contributed by atoms with E-state index in [-0.39, 0.29) is 12.0 Å². The number of methoxy groups -OCH3 is 1. The number of hydrogen-bond acceptors (Lipinski definition) is 4. The molecule has 1 rings (SSSR count). The van der Waals surface area contributed by atoms with Crippen LogP contribution < -0.4 is 5.32 Å². The number of carbonyl (C=O) groups excluding carboxylic acids is 1. The first kappa shape index (κ1) is 15.4. The molecule has 0 aliphatic heterocycles. The molecule has 106 valence electrons. The molecule has 0 aromatic carbocycles. The Morgan fingerprint density at radius 2 is 2.17 bits per heavy atom. The van der Waals surface area contributed by atoms with E-state index < -0.39 is 0 Å². The Bertz CT molecular complexity index is 245. The van der Waals surface area contributed by atoms with Gasteiger partial charge in [-0.25, -0.2) is 0 Å². The average Bonchev–Trinajstić information content (AvgIpc) is 2.42. The molecule has 0 amide bonds. The lowest BCUT2D eigenvalue weighted by Gasteiger charge is -2.29. The molecule has 3 atom stereocenters. The van der Waals surface area contributed by atoms with Crippen molar-refractivity contribution in [3.8, 4) is 0 Å². The molecule has 1 aliphatic carbocycles. The maximum absolute atomic E-state index is 11.5. The number of hydrogen-bond donors (Lipinski definition) is 1. The third kappa shape index (κ3) is 4.94. The Kier molecular flexibility index (Phi) is 7.28. The molecule has 1 saturated carbocycles. The number of rotatable bonds is 7. The number of esters is 1. The summed E-state index contributed by atoms with van der Waals surface area (Å²) < 4.78 is 10.7. The summed E-state index contributed by atoms with van der Waals surface area (Å²) in [5.74, 6) is 0.555. The van der Waals surface area contributed by atoms with Gasteiger partial charge in [0.25, 0.3) is 0 Å². The highest BCUT2D eigenvalue weighted by atomic mass is 16.5. The summed E-state index contributed by atoms with van der Waals surface area (Å²) in [4.78, 5) is 11.5. The van der Waals surface area contributed by atoms with Crippen LogP contribution in [0.2, 0.25) is 0 Å². The number of likely N-dealkylation sites (N-methyl/N-ethyl adjacent to an activating group) is 1. The van der Waals surface area contributed by atoms with Gasteiger partial charge in [-0.15, -0.1) is 0 Å². The summed E-state index contributed by atoms with van der Waals surface area (Å²) in [5, 5.41) is 3.10. The zero-order valence-corrected chi connectivity index (χ0v) is 11.9. The van der Waals surface area contributed by atoms with Gasteiger partial charge in [-0.1, -0.05) is 33.1 Å². The van der Waals surface area contributed by atoms with Crippen molar-refractivity contribution in [2.75, 3.05) is 20.3 Å². The fraction of sp³-hybridized carbons (Fsp3) is 0.929. The van der Waals surface area contributed by atoms with Crippen LogP contribution in [0.1, 0.15) is 46.0 Å². The molecule has 0 aromatic heterocycles. The molecular weight excluding hydrogens is 230 g/mol. The highest BCUT2D eigenvalue weighted by molar-refractivity contribution is 5.75. The van der Waals surface area contributed by atoms with E-state index in [0.29, 0.717) is 12.7 Å². The van der Waals surface area contributed by atoms with Gasteiger partial charge in [0, 0.05) is 0 Å². The fourth-order valence-electron chi connectivity index (χ4n) is 2.60. The molecule has 0 aromatic rings. The van der Waals surface area contributed by atoms with E-state index in [4.69, 9.17) is 9.47 Å². The lowest BCUT2D eigenvalue weighted by Crippen LogP contribution is -2.42. The fourth-order valence-corrected chi connectivity index (χ4v) is 2.60. The molecule has 4 nitrogen and oxygen atoms in total. The molecule has 0 radical (unpaired) electrons. The van der Waals surface area contributed by atoms with Gasteiger partial charge in [0.2, 0.25) is 0 Å². The van der Waals surface area contributed by atoms with Gasteiger partial charge in [0.15, 0.2) is 0 Å². The van der Waals surface area contributed by atoms with Crippen LogP contribution in [-0.4, -0.2) is 38.4 Å². The van der Waals surface area contributed by atoms with Crippen LogP contribution in [-0.2, 0) is 14.3 Å². The quantitative estimate of drug-likeness (QED) is 0.710. The van der Waals surface area contributed by atoms with Crippen LogP contribution in [0.3, 0.4) is 0 Å². The molecule has 0 heterocycles. The summed E-state index contributed by atoms with van der Waals surface area (Å²) >= 11 is 0. The third-order valence-corrected chi connectivity index (χ3v) is 3.75. The molecule has 1 aliphatic rings. The molecule has 1 N–H and O–H groups in total. The second-order valence-electron chi connectivity index (χ2n) is 5.03. The second kappa shape index (κ2) is 8.48. The standard InChI is InChI=1S/C14H27NO3/c1-4-11-7-6-8-12(9-11)18-10-13(15-5-2)14(16)17-3/h11-13,15H,4-10H2,1-3H3. The normalized spacial score (nSPS) is 25.7. The first-order valence-corrected chi connectivity index (χ1v) is 7.14. The summed E-state index contributed by atoms with van der Waals surface area (Å²) in [5.41, 5.74) is 0. The molecule has 0 bridgehead atoms. The van der Waals surface area contributed by atoms with Crippen molar-refractivity contribution in [3.63, 3.8) is 0 Å². The van der Waals surface area contributed by atoms with E-state index >= 15 is 0 Å². The number of ether oxygens (including phenoxy) is 2. The number of carbonyl (C=O) groups is 1. The van der Waals surface area contributed by atoms with Crippen molar-refractivity contribution < 1.29 is 14.3 Å². The minimum absolute atomic E-state index is 0.236. The molecule has 0 spiro atoms. The summed E-state index contributed by atoms with van der Waals surface area (Å²) in [6, 6.07) is -0.331. The molecule has 18 heavy (non-hydrogen) atoms. The van der Waals surface area contributed by atoms with Crippen molar-refractivity contribution in [2.24, 2.45) is 5.92 Å². The zero-order valence-electron chi connectivity index (χ0n) is 11.9. The largest absolute Gasteiger partial charge is 0.468 e. The predicted molar refractivity (Wildman–Crippen MR) is 71.5 cm³/mol. The average molecular weight is 257 g/mol. The van der Waals surface area contributed by atoms with E-state index in [1.165, 1.54) is 26.4 Å². The Labute approximate surface area is 110 Å². The van der Waals surface area contributed by atoms with Crippen molar-refractivity contribution in [2.45, 2.75) is 58.1 Å². The van der Waals surface area contributed by atoms with E-state index in [1.54, 1.807) is 0 Å². The van der Waals surface area contributed by atoms with Crippen LogP contribution in [0.25, 0.3) is 0 Å². The van der Waals surface area contributed by atoms with Crippen molar-refractivity contribution in [1.82, 2.24) is 5.32 Å². The Hall–Kier alpha value is -0.610.